The molecule has 0 unspecified atom stereocenters. The van der Waals surface area contributed by atoms with Crippen LogP contribution in [-0.2, 0) is 16.0 Å². The van der Waals surface area contributed by atoms with E-state index in [1.54, 1.807) is 7.11 Å². The van der Waals surface area contributed by atoms with Gasteiger partial charge in [-0.25, -0.2) is 0 Å². The smallest absolute Gasteiger partial charge is 0.236 e. The van der Waals surface area contributed by atoms with Crippen molar-refractivity contribution in [3.05, 3.63) is 29.8 Å². The van der Waals surface area contributed by atoms with E-state index in [0.29, 0.717) is 26.1 Å². The van der Waals surface area contributed by atoms with Crippen molar-refractivity contribution in [2.45, 2.75) is 38.5 Å². The Labute approximate surface area is 168 Å². The third-order valence-corrected chi connectivity index (χ3v) is 5.83. The van der Waals surface area contributed by atoms with Crippen molar-refractivity contribution >= 4 is 11.8 Å². The van der Waals surface area contributed by atoms with Crippen LogP contribution in [0.5, 0.6) is 5.75 Å². The van der Waals surface area contributed by atoms with Crippen molar-refractivity contribution in [1.29, 1.82) is 0 Å². The highest BCUT2D eigenvalue weighted by Crippen LogP contribution is 2.14. The molecule has 2 heterocycles. The molecule has 0 aliphatic carbocycles. The zero-order valence-electron chi connectivity index (χ0n) is 17.1. The first-order valence-electron chi connectivity index (χ1n) is 10.6. The van der Waals surface area contributed by atoms with E-state index >= 15 is 0 Å². The first-order valence-corrected chi connectivity index (χ1v) is 10.6. The van der Waals surface area contributed by atoms with E-state index in [0.717, 1.165) is 56.8 Å². The molecule has 0 bridgehead atoms. The molecule has 6 heteroatoms. The van der Waals surface area contributed by atoms with E-state index in [1.807, 2.05) is 34.1 Å². The van der Waals surface area contributed by atoms with Crippen LogP contribution in [0.2, 0.25) is 0 Å². The molecule has 0 saturated carbocycles. The number of aryl methyl sites for hydroxylation is 1. The average molecular weight is 388 g/mol. The summed E-state index contributed by atoms with van der Waals surface area (Å²) in [5.74, 6) is 1.29. The summed E-state index contributed by atoms with van der Waals surface area (Å²) < 4.78 is 5.17. The van der Waals surface area contributed by atoms with Crippen LogP contribution >= 0.6 is 0 Å². The summed E-state index contributed by atoms with van der Waals surface area (Å²) in [5, 5.41) is 0. The van der Waals surface area contributed by atoms with Gasteiger partial charge < -0.3 is 14.5 Å². The summed E-state index contributed by atoms with van der Waals surface area (Å²) in [6.45, 7) is 5.31. The van der Waals surface area contributed by atoms with Crippen molar-refractivity contribution in [3.8, 4) is 5.75 Å². The quantitative estimate of drug-likeness (QED) is 0.751. The molecular formula is C22H33N3O3. The molecule has 0 radical (unpaired) electrons. The summed E-state index contributed by atoms with van der Waals surface area (Å²) >= 11 is 0. The van der Waals surface area contributed by atoms with Crippen molar-refractivity contribution in [3.63, 3.8) is 0 Å². The topological polar surface area (TPSA) is 53.1 Å². The second kappa shape index (κ2) is 10.5. The monoisotopic (exact) mass is 387 g/mol. The predicted octanol–water partition coefficient (Wildman–Crippen LogP) is 2.17. The number of nitrogens with zero attached hydrogens (tertiary/aromatic N) is 3. The fourth-order valence-electron chi connectivity index (χ4n) is 3.97. The molecule has 1 aromatic carbocycles. The van der Waals surface area contributed by atoms with Crippen molar-refractivity contribution in [2.24, 2.45) is 0 Å². The normalized spacial score (nSPS) is 18.6. The largest absolute Gasteiger partial charge is 0.497 e. The van der Waals surface area contributed by atoms with Gasteiger partial charge in [-0.1, -0.05) is 25.0 Å². The molecule has 2 saturated heterocycles. The first kappa shape index (κ1) is 20.6. The number of benzene rings is 1. The second-order valence-electron chi connectivity index (χ2n) is 7.80. The molecule has 2 fully saturated rings. The zero-order valence-corrected chi connectivity index (χ0v) is 17.1. The second-order valence-corrected chi connectivity index (χ2v) is 7.80. The van der Waals surface area contributed by atoms with Gasteiger partial charge in [-0.2, -0.15) is 0 Å². The van der Waals surface area contributed by atoms with Gasteiger partial charge in [-0.3, -0.25) is 14.5 Å². The molecule has 2 aliphatic rings. The molecule has 0 atom stereocenters. The Morgan fingerprint density at radius 2 is 1.43 bits per heavy atom. The van der Waals surface area contributed by atoms with Crippen LogP contribution in [-0.4, -0.2) is 79.4 Å². The van der Waals surface area contributed by atoms with Crippen molar-refractivity contribution in [1.82, 2.24) is 14.7 Å². The number of amides is 2. The average Bonchev–Trinajstić information content (AvgIpc) is 3.02. The van der Waals surface area contributed by atoms with Gasteiger partial charge in [-0.05, 0) is 37.0 Å². The lowest BCUT2D eigenvalue weighted by molar-refractivity contribution is -0.135. The summed E-state index contributed by atoms with van der Waals surface area (Å²) in [5.41, 5.74) is 1.15. The maximum absolute atomic E-state index is 12.5. The molecule has 0 spiro atoms. The lowest BCUT2D eigenvalue weighted by Crippen LogP contribution is -2.51. The number of carbonyl (C=O) groups is 2. The number of rotatable bonds is 6. The third kappa shape index (κ3) is 5.96. The van der Waals surface area contributed by atoms with Crippen LogP contribution in [0.15, 0.2) is 24.3 Å². The van der Waals surface area contributed by atoms with Crippen molar-refractivity contribution < 1.29 is 14.3 Å². The zero-order chi connectivity index (χ0) is 19.8. The Balaban J connectivity index is 1.37. The van der Waals surface area contributed by atoms with Gasteiger partial charge in [-0.15, -0.1) is 0 Å². The standard InChI is InChI=1S/C22H33N3O3/c1-28-20-9-6-19(7-10-20)8-11-21(26)25-16-14-23(15-17-25)18-22(27)24-12-4-2-3-5-13-24/h6-7,9-10H,2-5,8,11-18H2,1H3. The van der Waals surface area contributed by atoms with Crippen LogP contribution in [0.25, 0.3) is 0 Å². The number of hydrogen-bond acceptors (Lipinski definition) is 4. The minimum absolute atomic E-state index is 0.203. The van der Waals surface area contributed by atoms with E-state index in [-0.39, 0.29) is 11.8 Å². The molecule has 1 aromatic rings. The Morgan fingerprint density at radius 3 is 2.04 bits per heavy atom. The molecule has 0 N–H and O–H groups in total. The van der Waals surface area contributed by atoms with Gasteiger partial charge in [0.15, 0.2) is 0 Å². The van der Waals surface area contributed by atoms with Gasteiger partial charge in [0.1, 0.15) is 5.75 Å². The van der Waals surface area contributed by atoms with Gasteiger partial charge in [0.05, 0.1) is 13.7 Å². The van der Waals surface area contributed by atoms with E-state index in [2.05, 4.69) is 4.90 Å². The van der Waals surface area contributed by atoms with Crippen LogP contribution in [0.3, 0.4) is 0 Å². The number of hydrogen-bond donors (Lipinski definition) is 0. The molecule has 28 heavy (non-hydrogen) atoms. The van der Waals surface area contributed by atoms with E-state index in [1.165, 1.54) is 12.8 Å². The van der Waals surface area contributed by atoms with Gasteiger partial charge >= 0.3 is 0 Å². The summed E-state index contributed by atoms with van der Waals surface area (Å²) in [4.78, 5) is 31.2. The number of piperazine rings is 1. The fraction of sp³-hybridized carbons (Fsp3) is 0.636. The molecular weight excluding hydrogens is 354 g/mol. The van der Waals surface area contributed by atoms with Gasteiger partial charge in [0.25, 0.3) is 0 Å². The number of ether oxygens (including phenoxy) is 1. The SMILES string of the molecule is COc1ccc(CCC(=O)N2CCN(CC(=O)N3CCCCCC3)CC2)cc1. The Bertz CT molecular complexity index is 631. The predicted molar refractivity (Wildman–Crippen MR) is 109 cm³/mol. The maximum atomic E-state index is 12.5. The summed E-state index contributed by atoms with van der Waals surface area (Å²) in [6, 6.07) is 7.89. The van der Waals surface area contributed by atoms with Crippen LogP contribution in [0, 0.1) is 0 Å². The highest BCUT2D eigenvalue weighted by Gasteiger charge is 2.24. The Kier molecular flexibility index (Phi) is 7.71. The molecule has 2 amide bonds. The number of likely N-dealkylation sites (tertiary alicyclic amines) is 1. The minimum atomic E-state index is 0.203. The summed E-state index contributed by atoms with van der Waals surface area (Å²) in [6.07, 6.45) is 6.00. The van der Waals surface area contributed by atoms with Gasteiger partial charge in [0, 0.05) is 45.7 Å². The molecule has 2 aliphatic heterocycles. The van der Waals surface area contributed by atoms with E-state index < -0.39 is 0 Å². The maximum Gasteiger partial charge on any atom is 0.236 e. The van der Waals surface area contributed by atoms with Crippen LogP contribution < -0.4 is 4.74 Å². The minimum Gasteiger partial charge on any atom is -0.497 e. The molecule has 6 nitrogen and oxygen atoms in total. The highest BCUT2D eigenvalue weighted by atomic mass is 16.5. The van der Waals surface area contributed by atoms with Crippen LogP contribution in [0.4, 0.5) is 0 Å². The van der Waals surface area contributed by atoms with Gasteiger partial charge in [0.2, 0.25) is 11.8 Å². The van der Waals surface area contributed by atoms with E-state index in [4.69, 9.17) is 4.74 Å². The molecule has 3 rings (SSSR count). The Hall–Kier alpha value is -2.08. The Morgan fingerprint density at radius 1 is 0.821 bits per heavy atom. The fourth-order valence-corrected chi connectivity index (χ4v) is 3.97. The number of methoxy groups -OCH3 is 1. The first-order chi connectivity index (χ1) is 13.7. The number of carbonyl (C=O) groups excluding carboxylic acids is 2. The lowest BCUT2D eigenvalue weighted by Gasteiger charge is -2.35. The highest BCUT2D eigenvalue weighted by molar-refractivity contribution is 5.78. The van der Waals surface area contributed by atoms with Crippen molar-refractivity contribution in [2.75, 3.05) is 52.9 Å². The van der Waals surface area contributed by atoms with Crippen LogP contribution in [0.1, 0.15) is 37.7 Å². The molecule has 0 aromatic heterocycles. The van der Waals surface area contributed by atoms with E-state index in [9.17, 15) is 9.59 Å². The molecule has 154 valence electrons. The summed E-state index contributed by atoms with van der Waals surface area (Å²) in [7, 11) is 1.65. The third-order valence-electron chi connectivity index (χ3n) is 5.83. The lowest BCUT2D eigenvalue weighted by atomic mass is 10.1.